The van der Waals surface area contributed by atoms with Crippen LogP contribution in [0.1, 0.15) is 29.6 Å². The molecule has 1 saturated heterocycles. The van der Waals surface area contributed by atoms with Gasteiger partial charge in [-0.3, -0.25) is 4.79 Å². The van der Waals surface area contributed by atoms with Gasteiger partial charge < -0.3 is 14.8 Å². The van der Waals surface area contributed by atoms with E-state index in [0.29, 0.717) is 30.2 Å². The van der Waals surface area contributed by atoms with Crippen molar-refractivity contribution in [1.82, 2.24) is 4.31 Å². The molecular formula is C21H26N2O5S2. The summed E-state index contributed by atoms with van der Waals surface area (Å²) >= 11 is 1.54. The lowest BCUT2D eigenvalue weighted by Gasteiger charge is -2.26. The predicted molar refractivity (Wildman–Crippen MR) is 118 cm³/mol. The number of nitrogens with zero attached hydrogens (tertiary/aromatic N) is 1. The highest BCUT2D eigenvalue weighted by Gasteiger charge is 2.27. The number of hydrogen-bond acceptors (Lipinski definition) is 6. The van der Waals surface area contributed by atoms with E-state index >= 15 is 0 Å². The van der Waals surface area contributed by atoms with Crippen LogP contribution in [0.25, 0.3) is 0 Å². The number of piperidine rings is 1. The van der Waals surface area contributed by atoms with Gasteiger partial charge in [-0.15, -0.1) is 11.8 Å². The largest absolute Gasteiger partial charge is 0.496 e. The molecule has 0 unspecified atom stereocenters. The van der Waals surface area contributed by atoms with Gasteiger partial charge in [0.15, 0.2) is 0 Å². The third-order valence-corrected chi connectivity index (χ3v) is 7.65. The monoisotopic (exact) mass is 450 g/mol. The summed E-state index contributed by atoms with van der Waals surface area (Å²) < 4.78 is 38.2. The van der Waals surface area contributed by atoms with Crippen LogP contribution in [0, 0.1) is 0 Å². The Labute approximate surface area is 181 Å². The summed E-state index contributed by atoms with van der Waals surface area (Å²) in [4.78, 5) is 14.0. The maximum atomic E-state index is 13.0. The summed E-state index contributed by atoms with van der Waals surface area (Å²) in [5.74, 6) is 0.404. The van der Waals surface area contributed by atoms with E-state index in [1.165, 1.54) is 30.7 Å². The molecule has 1 N–H and O–H groups in total. The quantitative estimate of drug-likeness (QED) is 0.645. The zero-order valence-electron chi connectivity index (χ0n) is 17.3. The van der Waals surface area contributed by atoms with Crippen molar-refractivity contribution in [2.24, 2.45) is 0 Å². The van der Waals surface area contributed by atoms with Crippen LogP contribution in [0.5, 0.6) is 11.5 Å². The Morgan fingerprint density at radius 2 is 1.70 bits per heavy atom. The molecule has 1 fully saturated rings. The number of thioether (sulfide) groups is 1. The number of hydrogen-bond donors (Lipinski definition) is 1. The first-order valence-electron chi connectivity index (χ1n) is 9.62. The van der Waals surface area contributed by atoms with Crippen molar-refractivity contribution >= 4 is 33.4 Å². The fourth-order valence-electron chi connectivity index (χ4n) is 3.38. The summed E-state index contributed by atoms with van der Waals surface area (Å²) in [6.45, 7) is 1.02. The van der Waals surface area contributed by atoms with Gasteiger partial charge in [0.25, 0.3) is 5.91 Å². The molecule has 0 saturated carbocycles. The van der Waals surface area contributed by atoms with Crippen molar-refractivity contribution in [3.8, 4) is 11.5 Å². The molecule has 0 aliphatic carbocycles. The number of carbonyl (C=O) groups is 1. The number of benzene rings is 2. The van der Waals surface area contributed by atoms with E-state index < -0.39 is 15.9 Å². The molecule has 0 bridgehead atoms. The molecule has 0 radical (unpaired) electrons. The van der Waals surface area contributed by atoms with Crippen LogP contribution in [0.15, 0.2) is 46.2 Å². The molecule has 2 aromatic carbocycles. The molecule has 0 atom stereocenters. The molecule has 1 heterocycles. The fraction of sp³-hybridized carbons (Fsp3) is 0.381. The van der Waals surface area contributed by atoms with Crippen LogP contribution in [0.3, 0.4) is 0 Å². The molecule has 9 heteroatoms. The number of carbonyl (C=O) groups excluding carboxylic acids is 1. The third kappa shape index (κ3) is 4.74. The maximum absolute atomic E-state index is 13.0. The average molecular weight is 451 g/mol. The zero-order chi connectivity index (χ0) is 21.7. The SMILES string of the molecule is COc1ccc(S(=O)(=O)N2CCCCC2)cc1NC(=O)c1ccc(SC)cc1OC. The molecule has 0 aromatic heterocycles. The number of rotatable bonds is 7. The predicted octanol–water partition coefficient (Wildman–Crippen LogP) is 3.85. The van der Waals surface area contributed by atoms with Crippen LogP contribution in [0.4, 0.5) is 5.69 Å². The van der Waals surface area contributed by atoms with E-state index in [2.05, 4.69) is 5.32 Å². The molecular weight excluding hydrogens is 424 g/mol. The topological polar surface area (TPSA) is 84.9 Å². The van der Waals surface area contributed by atoms with E-state index in [1.54, 1.807) is 30.0 Å². The number of nitrogens with one attached hydrogen (secondary N) is 1. The van der Waals surface area contributed by atoms with Gasteiger partial charge in [0, 0.05) is 18.0 Å². The first-order chi connectivity index (χ1) is 14.4. The Kier molecular flexibility index (Phi) is 7.27. The van der Waals surface area contributed by atoms with Crippen molar-refractivity contribution in [3.05, 3.63) is 42.0 Å². The summed E-state index contributed by atoms with van der Waals surface area (Å²) in [6.07, 6.45) is 4.68. The maximum Gasteiger partial charge on any atom is 0.259 e. The van der Waals surface area contributed by atoms with Gasteiger partial charge in [-0.25, -0.2) is 8.42 Å². The fourth-order valence-corrected chi connectivity index (χ4v) is 5.35. The summed E-state index contributed by atoms with van der Waals surface area (Å²) in [6, 6.07) is 9.81. The molecule has 1 aliphatic heterocycles. The summed E-state index contributed by atoms with van der Waals surface area (Å²) in [7, 11) is -0.660. The smallest absolute Gasteiger partial charge is 0.259 e. The van der Waals surface area contributed by atoms with E-state index in [1.807, 2.05) is 12.3 Å². The van der Waals surface area contributed by atoms with Crippen molar-refractivity contribution < 1.29 is 22.7 Å². The Hall–Kier alpha value is -2.23. The van der Waals surface area contributed by atoms with E-state index in [-0.39, 0.29) is 10.6 Å². The standard InChI is InChI=1S/C21H26N2O5S2/c1-27-19-10-8-16(30(25,26)23-11-5-4-6-12-23)14-18(19)22-21(24)17-9-7-15(29-3)13-20(17)28-2/h7-10,13-14H,4-6,11-12H2,1-3H3,(H,22,24). The van der Waals surface area contributed by atoms with E-state index in [0.717, 1.165) is 24.2 Å². The Morgan fingerprint density at radius 3 is 2.33 bits per heavy atom. The summed E-state index contributed by atoms with van der Waals surface area (Å²) in [5.41, 5.74) is 0.637. The van der Waals surface area contributed by atoms with Crippen LogP contribution in [-0.4, -0.2) is 52.2 Å². The van der Waals surface area contributed by atoms with Gasteiger partial charge in [-0.1, -0.05) is 6.42 Å². The number of methoxy groups -OCH3 is 2. The van der Waals surface area contributed by atoms with Crippen molar-refractivity contribution in [2.75, 3.05) is 38.9 Å². The average Bonchev–Trinajstić information content (AvgIpc) is 2.79. The normalized spacial score (nSPS) is 14.9. The van der Waals surface area contributed by atoms with E-state index in [9.17, 15) is 13.2 Å². The van der Waals surface area contributed by atoms with Crippen molar-refractivity contribution in [3.63, 3.8) is 0 Å². The van der Waals surface area contributed by atoms with Crippen molar-refractivity contribution in [1.29, 1.82) is 0 Å². The molecule has 1 aliphatic rings. The molecule has 3 rings (SSSR count). The Bertz CT molecular complexity index is 1020. The lowest BCUT2D eigenvalue weighted by molar-refractivity contribution is 0.102. The molecule has 7 nitrogen and oxygen atoms in total. The van der Waals surface area contributed by atoms with Gasteiger partial charge in [-0.2, -0.15) is 4.31 Å². The first kappa shape index (κ1) is 22.5. The number of amides is 1. The molecule has 0 spiro atoms. The zero-order valence-corrected chi connectivity index (χ0v) is 18.9. The van der Waals surface area contributed by atoms with Gasteiger partial charge in [0.1, 0.15) is 11.5 Å². The second kappa shape index (κ2) is 9.72. The van der Waals surface area contributed by atoms with Crippen LogP contribution >= 0.6 is 11.8 Å². The van der Waals surface area contributed by atoms with Gasteiger partial charge in [0.2, 0.25) is 10.0 Å². The van der Waals surface area contributed by atoms with Gasteiger partial charge >= 0.3 is 0 Å². The van der Waals surface area contributed by atoms with Crippen LogP contribution in [-0.2, 0) is 10.0 Å². The lowest BCUT2D eigenvalue weighted by atomic mass is 10.1. The molecule has 30 heavy (non-hydrogen) atoms. The van der Waals surface area contributed by atoms with E-state index in [4.69, 9.17) is 9.47 Å². The minimum Gasteiger partial charge on any atom is -0.496 e. The van der Waals surface area contributed by atoms with Crippen LogP contribution in [0.2, 0.25) is 0 Å². The second-order valence-corrected chi connectivity index (χ2v) is 9.66. The molecule has 1 amide bonds. The second-order valence-electron chi connectivity index (χ2n) is 6.85. The summed E-state index contributed by atoms with van der Waals surface area (Å²) in [5, 5.41) is 2.77. The Balaban J connectivity index is 1.92. The Morgan fingerprint density at radius 1 is 1.00 bits per heavy atom. The van der Waals surface area contributed by atoms with Gasteiger partial charge in [-0.05, 0) is 55.5 Å². The number of anilines is 1. The highest BCUT2D eigenvalue weighted by Crippen LogP contribution is 2.32. The minimum absolute atomic E-state index is 0.130. The molecule has 162 valence electrons. The number of ether oxygens (including phenoxy) is 2. The third-order valence-electron chi connectivity index (χ3n) is 5.03. The van der Waals surface area contributed by atoms with Crippen LogP contribution < -0.4 is 14.8 Å². The first-order valence-corrected chi connectivity index (χ1v) is 12.3. The minimum atomic E-state index is -3.63. The number of sulfonamides is 1. The highest BCUT2D eigenvalue weighted by atomic mass is 32.2. The molecule has 2 aromatic rings. The van der Waals surface area contributed by atoms with Gasteiger partial charge in [0.05, 0.1) is 30.4 Å². The van der Waals surface area contributed by atoms with Crippen molar-refractivity contribution in [2.45, 2.75) is 29.1 Å². The lowest BCUT2D eigenvalue weighted by Crippen LogP contribution is -2.35. The highest BCUT2D eigenvalue weighted by molar-refractivity contribution is 7.98.